The standard InChI is InChI=1S/C14H23N3O2S/c1-11-2-4-12(5-3-11)8-9-17-20(18,19)13-6-7-14(15)16-10-13/h6-7,10-12,17H,2-5,8-9H2,1H3,(H2,15,16). The third-order valence-electron chi connectivity index (χ3n) is 4.05. The predicted octanol–water partition coefficient (Wildman–Crippen LogP) is 2.16. The summed E-state index contributed by atoms with van der Waals surface area (Å²) in [5.41, 5.74) is 5.45. The molecule has 1 heterocycles. The van der Waals surface area contributed by atoms with Gasteiger partial charge in [0.05, 0.1) is 0 Å². The minimum atomic E-state index is -3.46. The highest BCUT2D eigenvalue weighted by atomic mass is 32.2. The molecule has 1 fully saturated rings. The Labute approximate surface area is 121 Å². The molecule has 0 bridgehead atoms. The van der Waals surface area contributed by atoms with Crippen molar-refractivity contribution in [1.29, 1.82) is 0 Å². The lowest BCUT2D eigenvalue weighted by molar-refractivity contribution is 0.278. The highest BCUT2D eigenvalue weighted by Crippen LogP contribution is 2.30. The van der Waals surface area contributed by atoms with Gasteiger partial charge in [0.15, 0.2) is 0 Å². The molecule has 0 amide bonds. The third kappa shape index (κ3) is 4.18. The van der Waals surface area contributed by atoms with E-state index in [0.717, 1.165) is 12.3 Å². The number of anilines is 1. The highest BCUT2D eigenvalue weighted by molar-refractivity contribution is 7.89. The number of sulfonamides is 1. The van der Waals surface area contributed by atoms with Gasteiger partial charge in [0.1, 0.15) is 10.7 Å². The van der Waals surface area contributed by atoms with Crippen molar-refractivity contribution in [2.75, 3.05) is 12.3 Å². The largest absolute Gasteiger partial charge is 0.384 e. The van der Waals surface area contributed by atoms with E-state index >= 15 is 0 Å². The summed E-state index contributed by atoms with van der Waals surface area (Å²) in [6.45, 7) is 2.78. The average molecular weight is 297 g/mol. The van der Waals surface area contributed by atoms with Crippen molar-refractivity contribution in [2.24, 2.45) is 11.8 Å². The van der Waals surface area contributed by atoms with E-state index in [-0.39, 0.29) is 4.90 Å². The van der Waals surface area contributed by atoms with Crippen LogP contribution in [0, 0.1) is 11.8 Å². The van der Waals surface area contributed by atoms with E-state index in [1.54, 1.807) is 0 Å². The number of hydrogen-bond acceptors (Lipinski definition) is 4. The van der Waals surface area contributed by atoms with Crippen LogP contribution < -0.4 is 10.5 Å². The molecule has 1 aromatic heterocycles. The summed E-state index contributed by atoms with van der Waals surface area (Å²) in [6, 6.07) is 2.98. The summed E-state index contributed by atoms with van der Waals surface area (Å²) < 4.78 is 26.7. The maximum Gasteiger partial charge on any atom is 0.242 e. The monoisotopic (exact) mass is 297 g/mol. The van der Waals surface area contributed by atoms with Gasteiger partial charge in [0.2, 0.25) is 10.0 Å². The fraction of sp³-hybridized carbons (Fsp3) is 0.643. The Morgan fingerprint density at radius 1 is 1.30 bits per heavy atom. The number of nitrogens with two attached hydrogens (primary N) is 1. The molecule has 1 saturated carbocycles. The summed E-state index contributed by atoms with van der Waals surface area (Å²) in [5, 5.41) is 0. The van der Waals surface area contributed by atoms with Crippen LogP contribution in [-0.4, -0.2) is 19.9 Å². The Bertz CT molecular complexity index is 520. The topological polar surface area (TPSA) is 85.1 Å². The van der Waals surface area contributed by atoms with Crippen LogP contribution in [-0.2, 0) is 10.0 Å². The first-order valence-corrected chi connectivity index (χ1v) is 8.67. The van der Waals surface area contributed by atoms with Gasteiger partial charge in [-0.25, -0.2) is 18.1 Å². The van der Waals surface area contributed by atoms with E-state index in [9.17, 15) is 8.42 Å². The van der Waals surface area contributed by atoms with Gasteiger partial charge in [-0.05, 0) is 30.4 Å². The quantitative estimate of drug-likeness (QED) is 0.872. The first-order valence-electron chi connectivity index (χ1n) is 7.18. The molecule has 112 valence electrons. The van der Waals surface area contributed by atoms with Crippen molar-refractivity contribution < 1.29 is 8.42 Å². The van der Waals surface area contributed by atoms with Crippen molar-refractivity contribution in [3.05, 3.63) is 18.3 Å². The average Bonchev–Trinajstić information content (AvgIpc) is 2.41. The van der Waals surface area contributed by atoms with Crippen molar-refractivity contribution in [3.63, 3.8) is 0 Å². The van der Waals surface area contributed by atoms with E-state index in [1.165, 1.54) is 44.0 Å². The summed E-state index contributed by atoms with van der Waals surface area (Å²) in [5.74, 6) is 1.79. The van der Waals surface area contributed by atoms with Gasteiger partial charge in [-0.3, -0.25) is 0 Å². The molecule has 2 rings (SSSR count). The zero-order valence-electron chi connectivity index (χ0n) is 11.9. The molecule has 0 radical (unpaired) electrons. The SMILES string of the molecule is CC1CCC(CCNS(=O)(=O)c2ccc(N)nc2)CC1. The van der Waals surface area contributed by atoms with E-state index in [4.69, 9.17) is 5.73 Å². The summed E-state index contributed by atoms with van der Waals surface area (Å²) in [6.07, 6.45) is 7.16. The minimum Gasteiger partial charge on any atom is -0.384 e. The van der Waals surface area contributed by atoms with Crippen LogP contribution in [0.1, 0.15) is 39.0 Å². The van der Waals surface area contributed by atoms with Crippen LogP contribution in [0.5, 0.6) is 0 Å². The Kier molecular flexibility index (Phi) is 4.99. The van der Waals surface area contributed by atoms with Crippen molar-refractivity contribution in [1.82, 2.24) is 9.71 Å². The molecule has 0 saturated heterocycles. The molecule has 1 aromatic rings. The zero-order chi connectivity index (χ0) is 14.6. The number of nitrogens with zero attached hydrogens (tertiary/aromatic N) is 1. The Morgan fingerprint density at radius 3 is 2.60 bits per heavy atom. The smallest absolute Gasteiger partial charge is 0.242 e. The molecule has 5 nitrogen and oxygen atoms in total. The van der Waals surface area contributed by atoms with Crippen molar-refractivity contribution in [2.45, 2.75) is 43.9 Å². The lowest BCUT2D eigenvalue weighted by atomic mass is 9.81. The molecule has 0 atom stereocenters. The van der Waals surface area contributed by atoms with Crippen LogP contribution in [0.4, 0.5) is 5.82 Å². The highest BCUT2D eigenvalue weighted by Gasteiger charge is 2.19. The van der Waals surface area contributed by atoms with Crippen LogP contribution in [0.2, 0.25) is 0 Å². The number of rotatable bonds is 5. The summed E-state index contributed by atoms with van der Waals surface area (Å²) >= 11 is 0. The first-order chi connectivity index (χ1) is 9.47. The van der Waals surface area contributed by atoms with E-state index in [1.807, 2.05) is 0 Å². The number of pyridine rings is 1. The van der Waals surface area contributed by atoms with E-state index < -0.39 is 10.0 Å². The van der Waals surface area contributed by atoms with Gasteiger partial charge in [0.25, 0.3) is 0 Å². The molecule has 1 aliphatic rings. The van der Waals surface area contributed by atoms with Gasteiger partial charge in [-0.2, -0.15) is 0 Å². The third-order valence-corrected chi connectivity index (χ3v) is 5.50. The second-order valence-corrected chi connectivity index (χ2v) is 7.50. The zero-order valence-corrected chi connectivity index (χ0v) is 12.7. The number of nitrogens with one attached hydrogen (secondary N) is 1. The molecule has 0 unspecified atom stereocenters. The Morgan fingerprint density at radius 2 is 2.00 bits per heavy atom. The molecule has 20 heavy (non-hydrogen) atoms. The lowest BCUT2D eigenvalue weighted by Crippen LogP contribution is -2.27. The molecule has 0 aliphatic heterocycles. The summed E-state index contributed by atoms with van der Waals surface area (Å²) in [7, 11) is -3.46. The van der Waals surface area contributed by atoms with Gasteiger partial charge in [-0.15, -0.1) is 0 Å². The van der Waals surface area contributed by atoms with Gasteiger partial charge in [0, 0.05) is 12.7 Å². The van der Waals surface area contributed by atoms with Crippen molar-refractivity contribution in [3.8, 4) is 0 Å². The van der Waals surface area contributed by atoms with E-state index in [0.29, 0.717) is 18.3 Å². The Balaban J connectivity index is 1.82. The second-order valence-electron chi connectivity index (χ2n) is 5.73. The molecule has 0 aromatic carbocycles. The van der Waals surface area contributed by atoms with Gasteiger partial charge >= 0.3 is 0 Å². The minimum absolute atomic E-state index is 0.170. The second kappa shape index (κ2) is 6.54. The fourth-order valence-electron chi connectivity index (χ4n) is 2.65. The normalized spacial score (nSPS) is 23.6. The number of hydrogen-bond donors (Lipinski definition) is 2. The van der Waals surface area contributed by atoms with Crippen molar-refractivity contribution >= 4 is 15.8 Å². The van der Waals surface area contributed by atoms with Crippen LogP contribution in [0.3, 0.4) is 0 Å². The maximum absolute atomic E-state index is 12.0. The van der Waals surface area contributed by atoms with Gasteiger partial charge in [-0.1, -0.05) is 32.6 Å². The summed E-state index contributed by atoms with van der Waals surface area (Å²) in [4.78, 5) is 3.98. The fourth-order valence-corrected chi connectivity index (χ4v) is 3.64. The maximum atomic E-state index is 12.0. The first kappa shape index (κ1) is 15.3. The molecular formula is C14H23N3O2S. The molecule has 1 aliphatic carbocycles. The van der Waals surface area contributed by atoms with Crippen LogP contribution >= 0.6 is 0 Å². The molecule has 0 spiro atoms. The lowest BCUT2D eigenvalue weighted by Gasteiger charge is -2.26. The number of aromatic nitrogens is 1. The number of nitrogen functional groups attached to an aromatic ring is 1. The van der Waals surface area contributed by atoms with Gasteiger partial charge < -0.3 is 5.73 Å². The Hall–Kier alpha value is -1.14. The predicted molar refractivity (Wildman–Crippen MR) is 79.6 cm³/mol. The van der Waals surface area contributed by atoms with Crippen LogP contribution in [0.15, 0.2) is 23.2 Å². The van der Waals surface area contributed by atoms with Crippen LogP contribution in [0.25, 0.3) is 0 Å². The molecular weight excluding hydrogens is 274 g/mol. The molecule has 6 heteroatoms. The molecule has 3 N–H and O–H groups in total. The van der Waals surface area contributed by atoms with E-state index in [2.05, 4.69) is 16.6 Å².